The quantitative estimate of drug-likeness (QED) is 0.0512. The molecule has 0 bridgehead atoms. The highest BCUT2D eigenvalue weighted by Gasteiger charge is 2.44. The summed E-state index contributed by atoms with van der Waals surface area (Å²) in [6, 6.07) is 0. The molecule has 10 nitrogen and oxygen atoms in total. The zero-order chi connectivity index (χ0) is 33.8. The highest BCUT2D eigenvalue weighted by Crippen LogP contribution is 2.22. The van der Waals surface area contributed by atoms with E-state index in [1.165, 1.54) is 89.9 Å². The minimum Gasteiger partial charge on any atom is -0.462 e. The van der Waals surface area contributed by atoms with Gasteiger partial charge in [-0.1, -0.05) is 136 Å². The van der Waals surface area contributed by atoms with Crippen LogP contribution in [0.5, 0.6) is 0 Å². The lowest BCUT2D eigenvalue weighted by atomic mass is 9.99. The standard InChI is InChI=1S/C36H68O10/c1-3-5-7-9-11-13-14-15-16-17-19-20-22-24-31(38)43-27-29(45-32(39)25-23-21-18-12-10-8-6-4-2)28-44-36-35(42)34(41)33(40)30(26-37)46-36/h29-30,33-37,40-42H,3-28H2,1-2H3/t29-,30-,33+,34?,35?,36-/m0/s1. The van der Waals surface area contributed by atoms with Crippen LogP contribution in [0.15, 0.2) is 0 Å². The molecule has 1 saturated heterocycles. The van der Waals surface area contributed by atoms with Gasteiger partial charge < -0.3 is 39.4 Å². The zero-order valence-electron chi connectivity index (χ0n) is 29.1. The number of rotatable bonds is 30. The Morgan fingerprint density at radius 2 is 1.02 bits per heavy atom. The highest BCUT2D eigenvalue weighted by molar-refractivity contribution is 5.70. The number of aliphatic hydroxyl groups is 4. The summed E-state index contributed by atoms with van der Waals surface area (Å²) in [6.45, 7) is 3.37. The molecule has 0 aliphatic carbocycles. The summed E-state index contributed by atoms with van der Waals surface area (Å²) in [5.41, 5.74) is 0. The average Bonchev–Trinajstić information content (AvgIpc) is 3.05. The molecule has 0 spiro atoms. The Morgan fingerprint density at radius 1 is 0.587 bits per heavy atom. The Kier molecular flexibility index (Phi) is 26.6. The molecule has 0 radical (unpaired) electrons. The third-order valence-electron chi connectivity index (χ3n) is 8.74. The van der Waals surface area contributed by atoms with Crippen molar-refractivity contribution in [2.24, 2.45) is 0 Å². The van der Waals surface area contributed by atoms with Crippen molar-refractivity contribution in [3.8, 4) is 0 Å². The van der Waals surface area contributed by atoms with Crippen molar-refractivity contribution in [1.82, 2.24) is 0 Å². The van der Waals surface area contributed by atoms with E-state index >= 15 is 0 Å². The monoisotopic (exact) mass is 660 g/mol. The topological polar surface area (TPSA) is 152 Å². The van der Waals surface area contributed by atoms with Gasteiger partial charge in [0.2, 0.25) is 0 Å². The molecule has 4 N–H and O–H groups in total. The fourth-order valence-corrected chi connectivity index (χ4v) is 5.72. The highest BCUT2D eigenvalue weighted by atomic mass is 16.7. The van der Waals surface area contributed by atoms with Gasteiger partial charge >= 0.3 is 11.9 Å². The first-order chi connectivity index (χ1) is 22.3. The molecule has 10 heteroatoms. The van der Waals surface area contributed by atoms with E-state index in [4.69, 9.17) is 18.9 Å². The normalized spacial score (nSPS) is 22.1. The van der Waals surface area contributed by atoms with Gasteiger partial charge in [-0.15, -0.1) is 0 Å². The minimum absolute atomic E-state index is 0.210. The Bertz CT molecular complexity index is 734. The number of esters is 2. The number of carbonyl (C=O) groups is 2. The molecule has 2 unspecified atom stereocenters. The Hall–Kier alpha value is -1.30. The molecule has 1 aliphatic heterocycles. The molecule has 0 saturated carbocycles. The fourth-order valence-electron chi connectivity index (χ4n) is 5.72. The molecular weight excluding hydrogens is 592 g/mol. The lowest BCUT2D eigenvalue weighted by Crippen LogP contribution is -2.59. The van der Waals surface area contributed by atoms with Gasteiger partial charge in [-0.05, 0) is 12.8 Å². The fraction of sp³-hybridized carbons (Fsp3) is 0.944. The first-order valence-electron chi connectivity index (χ1n) is 18.6. The third kappa shape index (κ3) is 20.8. The van der Waals surface area contributed by atoms with Crippen molar-refractivity contribution in [2.75, 3.05) is 19.8 Å². The van der Waals surface area contributed by atoms with Gasteiger partial charge in [0, 0.05) is 12.8 Å². The molecule has 0 amide bonds. The Morgan fingerprint density at radius 3 is 1.48 bits per heavy atom. The number of carbonyl (C=O) groups excluding carboxylic acids is 2. The molecule has 1 fully saturated rings. The van der Waals surface area contributed by atoms with Crippen LogP contribution in [0.1, 0.15) is 162 Å². The maximum Gasteiger partial charge on any atom is 0.306 e. The molecule has 272 valence electrons. The van der Waals surface area contributed by atoms with Crippen molar-refractivity contribution in [2.45, 2.75) is 198 Å². The minimum atomic E-state index is -1.59. The van der Waals surface area contributed by atoms with E-state index in [1.54, 1.807) is 0 Å². The summed E-state index contributed by atoms with van der Waals surface area (Å²) >= 11 is 0. The van der Waals surface area contributed by atoms with Crippen LogP contribution < -0.4 is 0 Å². The number of unbranched alkanes of at least 4 members (excludes halogenated alkanes) is 19. The Labute approximate surface area is 278 Å². The first kappa shape index (κ1) is 42.7. The van der Waals surface area contributed by atoms with E-state index in [-0.39, 0.29) is 32.0 Å². The van der Waals surface area contributed by atoms with Crippen LogP contribution >= 0.6 is 0 Å². The molecule has 46 heavy (non-hydrogen) atoms. The van der Waals surface area contributed by atoms with Gasteiger partial charge in [0.1, 0.15) is 31.0 Å². The van der Waals surface area contributed by atoms with Gasteiger partial charge in [0.15, 0.2) is 12.4 Å². The van der Waals surface area contributed by atoms with Crippen molar-refractivity contribution < 1.29 is 49.0 Å². The van der Waals surface area contributed by atoms with E-state index in [1.807, 2.05) is 0 Å². The van der Waals surface area contributed by atoms with Crippen molar-refractivity contribution in [1.29, 1.82) is 0 Å². The molecule has 0 aromatic carbocycles. The predicted octanol–water partition coefficient (Wildman–Crippen LogP) is 6.27. The van der Waals surface area contributed by atoms with Crippen LogP contribution in [-0.4, -0.2) is 89.0 Å². The van der Waals surface area contributed by atoms with Gasteiger partial charge in [0.25, 0.3) is 0 Å². The van der Waals surface area contributed by atoms with Gasteiger partial charge in [-0.25, -0.2) is 0 Å². The molecule has 0 aromatic heterocycles. The molecule has 1 aliphatic rings. The van der Waals surface area contributed by atoms with E-state index in [0.29, 0.717) is 6.42 Å². The second-order valence-electron chi connectivity index (χ2n) is 13.0. The molecule has 1 heterocycles. The molecule has 6 atom stereocenters. The second kappa shape index (κ2) is 28.7. The molecule has 1 rings (SSSR count). The van der Waals surface area contributed by atoms with Crippen LogP contribution in [-0.2, 0) is 28.5 Å². The van der Waals surface area contributed by atoms with Gasteiger partial charge in [-0.2, -0.15) is 0 Å². The SMILES string of the molecule is CCCCCCCCCCCCCCCC(=O)OC[C@@H](CO[C@H]1O[C@@H](CO)[C@@H](O)C(O)C1O)OC(=O)CCCCCCCCCC. The number of ether oxygens (including phenoxy) is 4. The summed E-state index contributed by atoms with van der Waals surface area (Å²) in [5.74, 6) is -0.805. The van der Waals surface area contributed by atoms with Gasteiger partial charge in [0.05, 0.1) is 13.2 Å². The van der Waals surface area contributed by atoms with Crippen molar-refractivity contribution >= 4 is 11.9 Å². The largest absolute Gasteiger partial charge is 0.462 e. The van der Waals surface area contributed by atoms with E-state index in [2.05, 4.69) is 13.8 Å². The van der Waals surface area contributed by atoms with Crippen LogP contribution in [0.4, 0.5) is 0 Å². The number of hydrogen-bond donors (Lipinski definition) is 4. The van der Waals surface area contributed by atoms with E-state index in [0.717, 1.165) is 38.5 Å². The van der Waals surface area contributed by atoms with Crippen molar-refractivity contribution in [3.05, 3.63) is 0 Å². The van der Waals surface area contributed by atoms with Crippen LogP contribution in [0, 0.1) is 0 Å². The average molecular weight is 661 g/mol. The Balaban J connectivity index is 2.38. The van der Waals surface area contributed by atoms with Crippen LogP contribution in [0.2, 0.25) is 0 Å². The lowest BCUT2D eigenvalue weighted by Gasteiger charge is -2.39. The summed E-state index contributed by atoms with van der Waals surface area (Å²) in [7, 11) is 0. The lowest BCUT2D eigenvalue weighted by molar-refractivity contribution is -0.305. The van der Waals surface area contributed by atoms with Crippen LogP contribution in [0.3, 0.4) is 0 Å². The smallest absolute Gasteiger partial charge is 0.306 e. The molecule has 0 aromatic rings. The third-order valence-corrected chi connectivity index (χ3v) is 8.74. The summed E-state index contributed by atoms with van der Waals surface area (Å²) in [5, 5.41) is 39.8. The molecular formula is C36H68O10. The summed E-state index contributed by atoms with van der Waals surface area (Å²) in [6.07, 6.45) is 17.0. The van der Waals surface area contributed by atoms with Crippen LogP contribution in [0.25, 0.3) is 0 Å². The maximum absolute atomic E-state index is 12.6. The second-order valence-corrected chi connectivity index (χ2v) is 13.0. The number of hydrogen-bond acceptors (Lipinski definition) is 10. The summed E-state index contributed by atoms with van der Waals surface area (Å²) < 4.78 is 22.0. The van der Waals surface area contributed by atoms with Crippen molar-refractivity contribution in [3.63, 3.8) is 0 Å². The van der Waals surface area contributed by atoms with Gasteiger partial charge in [-0.3, -0.25) is 9.59 Å². The number of aliphatic hydroxyl groups excluding tert-OH is 4. The predicted molar refractivity (Wildman–Crippen MR) is 178 cm³/mol. The maximum atomic E-state index is 12.6. The zero-order valence-corrected chi connectivity index (χ0v) is 29.1. The summed E-state index contributed by atoms with van der Waals surface area (Å²) in [4.78, 5) is 25.0. The van der Waals surface area contributed by atoms with E-state index < -0.39 is 49.4 Å². The first-order valence-corrected chi connectivity index (χ1v) is 18.6. The van der Waals surface area contributed by atoms with E-state index in [9.17, 15) is 30.0 Å².